The van der Waals surface area contributed by atoms with Gasteiger partial charge in [-0.2, -0.15) is 5.26 Å². The molecule has 2 aromatic heterocycles. The first-order valence-electron chi connectivity index (χ1n) is 4.56. The monoisotopic (exact) mass is 195 g/mol. The molecule has 15 heavy (non-hydrogen) atoms. The SMILES string of the molecule is N#Cc1ccc(/C=C/c2ccc[nH]2)cn1. The van der Waals surface area contributed by atoms with Gasteiger partial charge in [-0.05, 0) is 29.8 Å². The van der Waals surface area contributed by atoms with Gasteiger partial charge in [0.2, 0.25) is 0 Å². The van der Waals surface area contributed by atoms with Crippen LogP contribution in [0.5, 0.6) is 0 Å². The normalized spacial score (nSPS) is 10.3. The molecule has 0 saturated heterocycles. The number of pyridine rings is 1. The lowest BCUT2D eigenvalue weighted by Crippen LogP contribution is -1.81. The second kappa shape index (κ2) is 4.25. The molecular formula is C12H9N3. The molecule has 0 atom stereocenters. The van der Waals surface area contributed by atoms with E-state index in [-0.39, 0.29) is 0 Å². The molecule has 2 heterocycles. The Morgan fingerprint density at radius 3 is 2.80 bits per heavy atom. The Kier molecular flexibility index (Phi) is 2.61. The van der Waals surface area contributed by atoms with Crippen molar-refractivity contribution in [2.75, 3.05) is 0 Å². The van der Waals surface area contributed by atoms with Crippen LogP contribution >= 0.6 is 0 Å². The molecule has 0 bridgehead atoms. The summed E-state index contributed by atoms with van der Waals surface area (Å²) in [4.78, 5) is 7.04. The zero-order chi connectivity index (χ0) is 10.5. The van der Waals surface area contributed by atoms with Crippen LogP contribution < -0.4 is 0 Å². The van der Waals surface area contributed by atoms with Crippen molar-refractivity contribution in [1.29, 1.82) is 5.26 Å². The van der Waals surface area contributed by atoms with E-state index < -0.39 is 0 Å². The van der Waals surface area contributed by atoms with E-state index in [0.717, 1.165) is 11.3 Å². The zero-order valence-electron chi connectivity index (χ0n) is 8.01. The van der Waals surface area contributed by atoms with Crippen molar-refractivity contribution in [2.45, 2.75) is 0 Å². The largest absolute Gasteiger partial charge is 0.362 e. The van der Waals surface area contributed by atoms with Crippen LogP contribution in [0.1, 0.15) is 17.0 Å². The summed E-state index contributed by atoms with van der Waals surface area (Å²) in [5, 5.41) is 8.57. The van der Waals surface area contributed by atoms with E-state index in [1.165, 1.54) is 0 Å². The molecule has 3 nitrogen and oxygen atoms in total. The molecule has 0 radical (unpaired) electrons. The van der Waals surface area contributed by atoms with Gasteiger partial charge in [-0.3, -0.25) is 0 Å². The van der Waals surface area contributed by atoms with Crippen LogP contribution in [0.15, 0.2) is 36.7 Å². The van der Waals surface area contributed by atoms with E-state index in [9.17, 15) is 0 Å². The highest BCUT2D eigenvalue weighted by molar-refractivity contribution is 5.67. The Morgan fingerprint density at radius 2 is 2.20 bits per heavy atom. The summed E-state index contributed by atoms with van der Waals surface area (Å²) in [6, 6.07) is 9.47. The fraction of sp³-hybridized carbons (Fsp3) is 0. The fourth-order valence-corrected chi connectivity index (χ4v) is 1.20. The standard InChI is InChI=1S/C12H9N3/c13-8-12-6-4-10(9-15-12)3-5-11-2-1-7-14-11/h1-7,9,14H/b5-3+. The van der Waals surface area contributed by atoms with Gasteiger partial charge in [0.25, 0.3) is 0 Å². The van der Waals surface area contributed by atoms with E-state index in [1.54, 1.807) is 12.3 Å². The highest BCUT2D eigenvalue weighted by Crippen LogP contribution is 2.05. The van der Waals surface area contributed by atoms with Gasteiger partial charge in [0, 0.05) is 18.1 Å². The number of nitriles is 1. The minimum Gasteiger partial charge on any atom is -0.362 e. The van der Waals surface area contributed by atoms with Crippen LogP contribution in [0, 0.1) is 11.3 Å². The van der Waals surface area contributed by atoms with E-state index in [4.69, 9.17) is 5.26 Å². The van der Waals surface area contributed by atoms with Gasteiger partial charge in [-0.15, -0.1) is 0 Å². The highest BCUT2D eigenvalue weighted by Gasteiger charge is 1.91. The summed E-state index contributed by atoms with van der Waals surface area (Å²) in [6.45, 7) is 0. The second-order valence-electron chi connectivity index (χ2n) is 3.05. The van der Waals surface area contributed by atoms with Crippen molar-refractivity contribution in [3.8, 4) is 6.07 Å². The van der Waals surface area contributed by atoms with Crippen molar-refractivity contribution >= 4 is 12.2 Å². The molecule has 0 aliphatic rings. The molecule has 0 amide bonds. The molecule has 0 aromatic carbocycles. The lowest BCUT2D eigenvalue weighted by atomic mass is 10.2. The Bertz CT molecular complexity index is 487. The molecule has 1 N–H and O–H groups in total. The highest BCUT2D eigenvalue weighted by atomic mass is 14.7. The van der Waals surface area contributed by atoms with Crippen molar-refractivity contribution in [1.82, 2.24) is 9.97 Å². The quantitative estimate of drug-likeness (QED) is 0.800. The summed E-state index contributed by atoms with van der Waals surface area (Å²) < 4.78 is 0. The third kappa shape index (κ3) is 2.32. The second-order valence-corrected chi connectivity index (χ2v) is 3.05. The molecule has 2 aromatic rings. The number of nitrogens with one attached hydrogen (secondary N) is 1. The van der Waals surface area contributed by atoms with Crippen LogP contribution in [0.2, 0.25) is 0 Å². The van der Waals surface area contributed by atoms with E-state index in [2.05, 4.69) is 9.97 Å². The van der Waals surface area contributed by atoms with Crippen LogP contribution in [0.3, 0.4) is 0 Å². The lowest BCUT2D eigenvalue weighted by molar-refractivity contribution is 1.26. The van der Waals surface area contributed by atoms with Crippen molar-refractivity contribution in [3.05, 3.63) is 53.6 Å². The summed E-state index contributed by atoms with van der Waals surface area (Å²) in [7, 11) is 0. The molecule has 0 aliphatic carbocycles. The van der Waals surface area contributed by atoms with Gasteiger partial charge in [0.05, 0.1) is 0 Å². The maximum absolute atomic E-state index is 8.57. The van der Waals surface area contributed by atoms with Gasteiger partial charge < -0.3 is 4.98 Å². The molecule has 0 unspecified atom stereocenters. The maximum Gasteiger partial charge on any atom is 0.140 e. The van der Waals surface area contributed by atoms with Gasteiger partial charge in [0.15, 0.2) is 0 Å². The Morgan fingerprint density at radius 1 is 1.27 bits per heavy atom. The number of H-pyrrole nitrogens is 1. The van der Waals surface area contributed by atoms with E-state index in [1.807, 2.05) is 42.6 Å². The third-order valence-electron chi connectivity index (χ3n) is 1.98. The fourth-order valence-electron chi connectivity index (χ4n) is 1.20. The predicted molar refractivity (Wildman–Crippen MR) is 58.7 cm³/mol. The maximum atomic E-state index is 8.57. The number of nitrogens with zero attached hydrogens (tertiary/aromatic N) is 2. The van der Waals surface area contributed by atoms with E-state index >= 15 is 0 Å². The molecule has 2 rings (SSSR count). The molecule has 3 heteroatoms. The van der Waals surface area contributed by atoms with Gasteiger partial charge in [-0.1, -0.05) is 12.1 Å². The minimum atomic E-state index is 0.437. The molecule has 0 spiro atoms. The smallest absolute Gasteiger partial charge is 0.140 e. The summed E-state index contributed by atoms with van der Waals surface area (Å²) in [5.74, 6) is 0. The molecule has 0 aliphatic heterocycles. The Balaban J connectivity index is 2.15. The molecule has 0 saturated carbocycles. The molecule has 72 valence electrons. The zero-order valence-corrected chi connectivity index (χ0v) is 8.01. The van der Waals surface area contributed by atoms with Crippen LogP contribution in [-0.2, 0) is 0 Å². The third-order valence-corrected chi connectivity index (χ3v) is 1.98. The Labute approximate surface area is 87.7 Å². The number of hydrogen-bond donors (Lipinski definition) is 1. The van der Waals surface area contributed by atoms with Crippen LogP contribution in [0.25, 0.3) is 12.2 Å². The van der Waals surface area contributed by atoms with Gasteiger partial charge >= 0.3 is 0 Å². The van der Waals surface area contributed by atoms with Crippen molar-refractivity contribution in [2.24, 2.45) is 0 Å². The first kappa shape index (κ1) is 9.22. The van der Waals surface area contributed by atoms with Crippen LogP contribution in [-0.4, -0.2) is 9.97 Å². The lowest BCUT2D eigenvalue weighted by Gasteiger charge is -1.91. The van der Waals surface area contributed by atoms with Gasteiger partial charge in [-0.25, -0.2) is 4.98 Å². The summed E-state index contributed by atoms with van der Waals surface area (Å²) in [6.07, 6.45) is 7.46. The van der Waals surface area contributed by atoms with E-state index in [0.29, 0.717) is 5.69 Å². The topological polar surface area (TPSA) is 52.5 Å². The number of aromatic amines is 1. The Hall–Kier alpha value is -2.34. The molecule has 0 fully saturated rings. The summed E-state index contributed by atoms with van der Waals surface area (Å²) >= 11 is 0. The number of rotatable bonds is 2. The molecular weight excluding hydrogens is 186 g/mol. The van der Waals surface area contributed by atoms with Crippen LogP contribution in [0.4, 0.5) is 0 Å². The van der Waals surface area contributed by atoms with Gasteiger partial charge in [0.1, 0.15) is 11.8 Å². The minimum absolute atomic E-state index is 0.437. The van der Waals surface area contributed by atoms with Crippen molar-refractivity contribution in [3.63, 3.8) is 0 Å². The number of aromatic nitrogens is 2. The first-order valence-corrected chi connectivity index (χ1v) is 4.56. The number of hydrogen-bond acceptors (Lipinski definition) is 2. The first-order chi connectivity index (χ1) is 7.38. The summed E-state index contributed by atoms with van der Waals surface area (Å²) in [5.41, 5.74) is 2.45. The van der Waals surface area contributed by atoms with Crippen molar-refractivity contribution < 1.29 is 0 Å². The average Bonchev–Trinajstić information content (AvgIpc) is 2.80. The average molecular weight is 195 g/mol. The predicted octanol–water partition coefficient (Wildman–Crippen LogP) is 2.45.